The van der Waals surface area contributed by atoms with Gasteiger partial charge in [0.05, 0.1) is 18.8 Å². The number of sulfonamides is 1. The van der Waals surface area contributed by atoms with Crippen molar-refractivity contribution in [2.75, 3.05) is 26.3 Å². The summed E-state index contributed by atoms with van der Waals surface area (Å²) in [4.78, 5) is 13.4. The molecule has 11 heteroatoms. The molecular weight excluding hydrogens is 530 g/mol. The predicted molar refractivity (Wildman–Crippen MR) is 141 cm³/mol. The van der Waals surface area contributed by atoms with E-state index >= 15 is 8.78 Å². The maximum absolute atomic E-state index is 15.7. The van der Waals surface area contributed by atoms with Crippen molar-refractivity contribution >= 4 is 15.9 Å². The molecule has 0 aromatic heterocycles. The molecule has 1 amide bonds. The lowest BCUT2D eigenvalue weighted by Gasteiger charge is -2.42. The quantitative estimate of drug-likeness (QED) is 0.508. The van der Waals surface area contributed by atoms with Crippen LogP contribution in [-0.2, 0) is 31.7 Å². The van der Waals surface area contributed by atoms with Gasteiger partial charge in [0.1, 0.15) is 23.0 Å². The third-order valence-corrected chi connectivity index (χ3v) is 10.3. The smallest absolute Gasteiger partial charge is 0.221 e. The number of benzene rings is 2. The van der Waals surface area contributed by atoms with Gasteiger partial charge in [0.15, 0.2) is 0 Å². The molecule has 3 unspecified atom stereocenters. The normalized spacial score (nSPS) is 23.9. The van der Waals surface area contributed by atoms with Gasteiger partial charge < -0.3 is 19.8 Å². The summed E-state index contributed by atoms with van der Waals surface area (Å²) in [5, 5.41) is 18.3. The van der Waals surface area contributed by atoms with E-state index in [0.717, 1.165) is 12.1 Å². The summed E-state index contributed by atoms with van der Waals surface area (Å²) in [6.07, 6.45) is 0.144. The fraction of sp³-hybridized carbons (Fsp3) is 0.536. The summed E-state index contributed by atoms with van der Waals surface area (Å²) in [5.74, 6) is -1.68. The molecule has 4 rings (SSSR count). The van der Waals surface area contributed by atoms with Crippen LogP contribution in [-0.4, -0.2) is 72.2 Å². The van der Waals surface area contributed by atoms with E-state index in [2.05, 4.69) is 0 Å². The van der Waals surface area contributed by atoms with E-state index in [1.165, 1.54) is 11.2 Å². The Labute approximate surface area is 228 Å². The summed E-state index contributed by atoms with van der Waals surface area (Å²) in [7, 11) is -3.84. The second-order valence-electron chi connectivity index (χ2n) is 10.5. The van der Waals surface area contributed by atoms with Gasteiger partial charge in [-0.15, -0.1) is 0 Å². The van der Waals surface area contributed by atoms with E-state index in [-0.39, 0.29) is 62.2 Å². The van der Waals surface area contributed by atoms with Crippen LogP contribution in [0.15, 0.2) is 42.5 Å². The predicted octanol–water partition coefficient (Wildman–Crippen LogP) is 3.23. The number of carbonyl (C=O) groups excluding carboxylic acids is 1. The number of hydrogen-bond acceptors (Lipinski definition) is 6. The molecule has 2 aromatic rings. The van der Waals surface area contributed by atoms with Crippen molar-refractivity contribution in [3.05, 3.63) is 70.8 Å². The average molecular weight is 567 g/mol. The maximum atomic E-state index is 15.7. The van der Waals surface area contributed by atoms with Crippen LogP contribution < -0.4 is 0 Å². The van der Waals surface area contributed by atoms with Gasteiger partial charge in [-0.05, 0) is 50.3 Å². The maximum Gasteiger partial charge on any atom is 0.221 e. The molecule has 0 aliphatic carbocycles. The lowest BCUT2D eigenvalue weighted by atomic mass is 9.83. The summed E-state index contributed by atoms with van der Waals surface area (Å²) < 4.78 is 65.6. The first kappa shape index (κ1) is 29.5. The van der Waals surface area contributed by atoms with Crippen molar-refractivity contribution in [2.24, 2.45) is 0 Å². The highest BCUT2D eigenvalue weighted by Crippen LogP contribution is 2.41. The Kier molecular flexibility index (Phi) is 9.07. The number of halogens is 2. The molecule has 214 valence electrons. The first-order chi connectivity index (χ1) is 18.5. The molecule has 0 saturated carbocycles. The van der Waals surface area contributed by atoms with Crippen molar-refractivity contribution in [2.45, 2.75) is 69.1 Å². The van der Waals surface area contributed by atoms with E-state index < -0.39 is 45.2 Å². The lowest BCUT2D eigenvalue weighted by Crippen LogP contribution is -2.47. The van der Waals surface area contributed by atoms with Crippen molar-refractivity contribution in [1.29, 1.82) is 0 Å². The fourth-order valence-corrected chi connectivity index (χ4v) is 7.75. The number of likely N-dealkylation sites (tertiary alicyclic amines) is 1. The summed E-state index contributed by atoms with van der Waals surface area (Å²) in [6, 6.07) is 10.6. The van der Waals surface area contributed by atoms with Crippen molar-refractivity contribution in [3.8, 4) is 0 Å². The summed E-state index contributed by atoms with van der Waals surface area (Å²) in [5.41, 5.74) is -0.813. The Bertz CT molecular complexity index is 1270. The zero-order chi connectivity index (χ0) is 28.4. The molecule has 0 bridgehead atoms. The minimum absolute atomic E-state index is 0.0613. The van der Waals surface area contributed by atoms with Crippen LogP contribution >= 0.6 is 0 Å². The Morgan fingerprint density at radius 3 is 2.41 bits per heavy atom. The minimum atomic E-state index is -3.84. The highest BCUT2D eigenvalue weighted by Gasteiger charge is 2.43. The number of nitrogens with zero attached hydrogens (tertiary/aromatic N) is 2. The van der Waals surface area contributed by atoms with Crippen molar-refractivity contribution in [1.82, 2.24) is 9.21 Å². The van der Waals surface area contributed by atoms with Gasteiger partial charge in [0.2, 0.25) is 15.9 Å². The molecule has 0 spiro atoms. The zero-order valence-electron chi connectivity index (χ0n) is 22.2. The Morgan fingerprint density at radius 2 is 1.79 bits per heavy atom. The molecule has 2 aliphatic heterocycles. The molecule has 2 aliphatic rings. The van der Waals surface area contributed by atoms with Crippen LogP contribution in [0.25, 0.3) is 0 Å². The highest BCUT2D eigenvalue weighted by molar-refractivity contribution is 7.89. The van der Waals surface area contributed by atoms with Crippen molar-refractivity contribution in [3.63, 3.8) is 0 Å². The van der Waals surface area contributed by atoms with Crippen molar-refractivity contribution < 1.29 is 36.9 Å². The Balaban J connectivity index is 1.63. The second-order valence-corrected chi connectivity index (χ2v) is 12.6. The number of carbonyl (C=O) groups is 1. The van der Waals surface area contributed by atoms with E-state index in [9.17, 15) is 23.4 Å². The van der Waals surface area contributed by atoms with Crippen LogP contribution in [0.2, 0.25) is 0 Å². The van der Waals surface area contributed by atoms with Gasteiger partial charge in [0.25, 0.3) is 0 Å². The molecule has 0 radical (unpaired) electrons. The van der Waals surface area contributed by atoms with Gasteiger partial charge in [-0.2, -0.15) is 4.31 Å². The Hall–Kier alpha value is -2.44. The van der Waals surface area contributed by atoms with Crippen LogP contribution in [0.4, 0.5) is 8.78 Å². The lowest BCUT2D eigenvalue weighted by molar-refractivity contribution is -0.143. The Morgan fingerprint density at radius 1 is 1.13 bits per heavy atom. The standard InChI is InChI=1S/C28H36F2N2O6S/c1-19-8-9-27(21-6-4-3-5-7-21)39(36,37)32(19)16-22-14-26(30)24(15-25(22)29)28(38-18-23(35)17-33)10-12-31(13-11-28)20(2)34/h3-7,14-15,19,23,27,33,35H,8-13,16-18H2,1-2H3. The van der Waals surface area contributed by atoms with Crippen LogP contribution in [0.3, 0.4) is 0 Å². The number of hydrogen-bond donors (Lipinski definition) is 2. The average Bonchev–Trinajstić information content (AvgIpc) is 2.91. The fourth-order valence-electron chi connectivity index (χ4n) is 5.56. The van der Waals surface area contributed by atoms with Gasteiger partial charge in [-0.1, -0.05) is 30.3 Å². The zero-order valence-corrected chi connectivity index (χ0v) is 23.0. The second kappa shape index (κ2) is 12.0. The SMILES string of the molecule is CC(=O)N1CCC(OCC(O)CO)(c2cc(F)c(CN3C(C)CCC(c4ccccc4)S3(=O)=O)cc2F)CC1. The number of aliphatic hydroxyl groups is 2. The summed E-state index contributed by atoms with van der Waals surface area (Å²) in [6.45, 7) is 2.51. The largest absolute Gasteiger partial charge is 0.394 e. The molecule has 39 heavy (non-hydrogen) atoms. The molecule has 2 aromatic carbocycles. The van der Waals surface area contributed by atoms with Gasteiger partial charge in [-0.3, -0.25) is 4.79 Å². The van der Waals surface area contributed by atoms with Gasteiger partial charge >= 0.3 is 0 Å². The molecule has 3 atom stereocenters. The molecule has 2 heterocycles. The molecule has 8 nitrogen and oxygen atoms in total. The topological polar surface area (TPSA) is 107 Å². The molecule has 2 saturated heterocycles. The highest BCUT2D eigenvalue weighted by atomic mass is 32.2. The number of ether oxygens (including phenoxy) is 1. The number of piperidine rings is 1. The van der Waals surface area contributed by atoms with E-state index in [0.29, 0.717) is 18.4 Å². The first-order valence-corrected chi connectivity index (χ1v) is 14.7. The minimum Gasteiger partial charge on any atom is -0.394 e. The van der Waals surface area contributed by atoms with E-state index in [1.54, 1.807) is 36.1 Å². The monoisotopic (exact) mass is 566 g/mol. The first-order valence-electron chi connectivity index (χ1n) is 13.2. The number of aliphatic hydroxyl groups excluding tert-OH is 2. The van der Waals surface area contributed by atoms with E-state index in [1.807, 2.05) is 6.07 Å². The van der Waals surface area contributed by atoms with Gasteiger partial charge in [0, 0.05) is 43.7 Å². The molecular formula is C28H36F2N2O6S. The summed E-state index contributed by atoms with van der Waals surface area (Å²) >= 11 is 0. The van der Waals surface area contributed by atoms with Crippen LogP contribution in [0.5, 0.6) is 0 Å². The number of amides is 1. The third-order valence-electron chi connectivity index (χ3n) is 7.93. The van der Waals surface area contributed by atoms with Gasteiger partial charge in [-0.25, -0.2) is 17.2 Å². The van der Waals surface area contributed by atoms with Crippen LogP contribution in [0.1, 0.15) is 61.5 Å². The molecule has 2 N–H and O–H groups in total. The van der Waals surface area contributed by atoms with E-state index in [4.69, 9.17) is 4.74 Å². The van der Waals surface area contributed by atoms with Crippen LogP contribution in [0, 0.1) is 11.6 Å². The molecule has 2 fully saturated rings. The number of rotatable bonds is 8. The third kappa shape index (κ3) is 6.17.